The zero-order valence-electron chi connectivity index (χ0n) is 9.52. The molecule has 90 valence electrons. The Morgan fingerprint density at radius 2 is 2.24 bits per heavy atom. The van der Waals surface area contributed by atoms with Gasteiger partial charge in [0.05, 0.1) is 0 Å². The molecule has 0 aliphatic heterocycles. The van der Waals surface area contributed by atoms with Crippen molar-refractivity contribution >= 4 is 27.3 Å². The Morgan fingerprint density at radius 1 is 1.41 bits per heavy atom. The van der Waals surface area contributed by atoms with Crippen LogP contribution in [0.3, 0.4) is 0 Å². The summed E-state index contributed by atoms with van der Waals surface area (Å²) < 4.78 is 6.82. The van der Waals surface area contributed by atoms with E-state index < -0.39 is 0 Å². The fourth-order valence-electron chi connectivity index (χ4n) is 1.54. The maximum Gasteiger partial charge on any atom is 0.124 e. The predicted octanol–water partition coefficient (Wildman–Crippen LogP) is 4.11. The topological polar surface area (TPSA) is 35.2 Å². The van der Waals surface area contributed by atoms with Crippen LogP contribution < -0.4 is 10.5 Å². The van der Waals surface area contributed by atoms with Gasteiger partial charge >= 0.3 is 0 Å². The van der Waals surface area contributed by atoms with Crippen molar-refractivity contribution in [2.24, 2.45) is 5.73 Å². The Morgan fingerprint density at radius 3 is 2.88 bits per heavy atom. The van der Waals surface area contributed by atoms with E-state index in [0.29, 0.717) is 6.61 Å². The molecule has 2 rings (SSSR count). The first kappa shape index (κ1) is 12.6. The molecular formula is C13H14BrNOS. The van der Waals surface area contributed by atoms with Crippen molar-refractivity contribution in [2.75, 3.05) is 0 Å². The summed E-state index contributed by atoms with van der Waals surface area (Å²) in [4.78, 5) is 0. The molecule has 0 unspecified atom stereocenters. The van der Waals surface area contributed by atoms with Gasteiger partial charge in [-0.15, -0.1) is 0 Å². The van der Waals surface area contributed by atoms with Crippen molar-refractivity contribution in [2.45, 2.75) is 19.6 Å². The zero-order valence-corrected chi connectivity index (χ0v) is 11.9. The minimum absolute atomic E-state index is 0.0371. The monoisotopic (exact) mass is 311 g/mol. The molecular weight excluding hydrogens is 298 g/mol. The quantitative estimate of drug-likeness (QED) is 0.922. The smallest absolute Gasteiger partial charge is 0.124 e. The normalized spacial score (nSPS) is 12.4. The number of hydrogen-bond acceptors (Lipinski definition) is 3. The van der Waals surface area contributed by atoms with Crippen LogP contribution in [0.4, 0.5) is 0 Å². The van der Waals surface area contributed by atoms with E-state index in [-0.39, 0.29) is 6.04 Å². The van der Waals surface area contributed by atoms with Gasteiger partial charge in [0, 0.05) is 16.1 Å². The Kier molecular flexibility index (Phi) is 4.20. The third-order valence-electron chi connectivity index (χ3n) is 2.44. The number of rotatable bonds is 4. The first-order valence-electron chi connectivity index (χ1n) is 5.35. The largest absolute Gasteiger partial charge is 0.489 e. The average Bonchev–Trinajstić information content (AvgIpc) is 2.80. The highest BCUT2D eigenvalue weighted by atomic mass is 79.9. The molecule has 4 heteroatoms. The van der Waals surface area contributed by atoms with Gasteiger partial charge in [-0.05, 0) is 47.5 Å². The fraction of sp³-hybridized carbons (Fsp3) is 0.231. The molecule has 0 saturated carbocycles. The van der Waals surface area contributed by atoms with Gasteiger partial charge in [0.25, 0.3) is 0 Å². The molecule has 1 heterocycles. The molecule has 0 bridgehead atoms. The van der Waals surface area contributed by atoms with E-state index >= 15 is 0 Å². The van der Waals surface area contributed by atoms with E-state index in [0.717, 1.165) is 15.8 Å². The highest BCUT2D eigenvalue weighted by Gasteiger charge is 2.09. The van der Waals surface area contributed by atoms with Crippen molar-refractivity contribution in [3.05, 3.63) is 50.6 Å². The van der Waals surface area contributed by atoms with E-state index in [1.807, 2.05) is 30.5 Å². The molecule has 1 aromatic carbocycles. The van der Waals surface area contributed by atoms with E-state index in [2.05, 4.69) is 27.4 Å². The van der Waals surface area contributed by atoms with E-state index in [1.165, 1.54) is 5.56 Å². The third kappa shape index (κ3) is 3.31. The van der Waals surface area contributed by atoms with Crippen LogP contribution in [-0.2, 0) is 6.61 Å². The van der Waals surface area contributed by atoms with Gasteiger partial charge in [0.1, 0.15) is 12.4 Å². The lowest BCUT2D eigenvalue weighted by Crippen LogP contribution is -2.08. The molecule has 2 nitrogen and oxygen atoms in total. The zero-order chi connectivity index (χ0) is 12.3. The molecule has 0 saturated heterocycles. The average molecular weight is 312 g/mol. The first-order valence-corrected chi connectivity index (χ1v) is 7.09. The number of ether oxygens (including phenoxy) is 1. The van der Waals surface area contributed by atoms with Crippen LogP contribution in [0.2, 0.25) is 0 Å². The van der Waals surface area contributed by atoms with Crippen LogP contribution in [0.15, 0.2) is 39.5 Å². The number of thiophene rings is 1. The summed E-state index contributed by atoms with van der Waals surface area (Å²) in [7, 11) is 0. The van der Waals surface area contributed by atoms with Gasteiger partial charge < -0.3 is 10.5 Å². The highest BCUT2D eigenvalue weighted by molar-refractivity contribution is 9.10. The number of benzene rings is 1. The van der Waals surface area contributed by atoms with Crippen LogP contribution >= 0.6 is 27.3 Å². The van der Waals surface area contributed by atoms with Gasteiger partial charge in [-0.2, -0.15) is 11.3 Å². The molecule has 1 aromatic heterocycles. The van der Waals surface area contributed by atoms with Crippen molar-refractivity contribution in [3.63, 3.8) is 0 Å². The van der Waals surface area contributed by atoms with Gasteiger partial charge in [0.2, 0.25) is 0 Å². The van der Waals surface area contributed by atoms with Gasteiger partial charge in [-0.3, -0.25) is 0 Å². The Bertz CT molecular complexity index is 482. The number of nitrogens with two attached hydrogens (primary N) is 1. The second-order valence-electron chi connectivity index (χ2n) is 3.89. The van der Waals surface area contributed by atoms with Gasteiger partial charge in [0.15, 0.2) is 0 Å². The maximum absolute atomic E-state index is 5.93. The minimum atomic E-state index is -0.0371. The minimum Gasteiger partial charge on any atom is -0.489 e. The summed E-state index contributed by atoms with van der Waals surface area (Å²) in [5.41, 5.74) is 8.14. The second-order valence-corrected chi connectivity index (χ2v) is 5.59. The molecule has 0 aliphatic rings. The van der Waals surface area contributed by atoms with Crippen LogP contribution in [0.25, 0.3) is 0 Å². The van der Waals surface area contributed by atoms with Crippen molar-refractivity contribution < 1.29 is 4.74 Å². The van der Waals surface area contributed by atoms with Crippen molar-refractivity contribution in [1.82, 2.24) is 0 Å². The third-order valence-corrected chi connectivity index (χ3v) is 3.66. The number of hydrogen-bond donors (Lipinski definition) is 1. The molecule has 0 radical (unpaired) electrons. The predicted molar refractivity (Wildman–Crippen MR) is 75.4 cm³/mol. The van der Waals surface area contributed by atoms with Crippen LogP contribution in [0.5, 0.6) is 5.75 Å². The molecule has 1 atom stereocenters. The van der Waals surface area contributed by atoms with E-state index in [4.69, 9.17) is 10.5 Å². The lowest BCUT2D eigenvalue weighted by Gasteiger charge is -2.14. The summed E-state index contributed by atoms with van der Waals surface area (Å²) in [5, 5.41) is 4.14. The first-order chi connectivity index (χ1) is 8.16. The van der Waals surface area contributed by atoms with Crippen LogP contribution in [0, 0.1) is 0 Å². The van der Waals surface area contributed by atoms with E-state index in [9.17, 15) is 0 Å². The summed E-state index contributed by atoms with van der Waals surface area (Å²) in [5.74, 6) is 0.856. The molecule has 0 amide bonds. The second kappa shape index (κ2) is 5.67. The standard InChI is InChI=1S/C13H14BrNOS/c1-9(15)12-6-11(14)2-3-13(12)16-7-10-4-5-17-8-10/h2-6,8-9H,7,15H2,1H3/t9-/m0/s1. The van der Waals surface area contributed by atoms with Gasteiger partial charge in [-0.25, -0.2) is 0 Å². The molecule has 0 aliphatic carbocycles. The Labute approximate surface area is 114 Å². The lowest BCUT2D eigenvalue weighted by molar-refractivity contribution is 0.302. The highest BCUT2D eigenvalue weighted by Crippen LogP contribution is 2.28. The Balaban J connectivity index is 2.14. The summed E-state index contributed by atoms with van der Waals surface area (Å²) in [6, 6.07) is 7.96. The van der Waals surface area contributed by atoms with Crippen molar-refractivity contribution in [1.29, 1.82) is 0 Å². The molecule has 0 spiro atoms. The van der Waals surface area contributed by atoms with Crippen molar-refractivity contribution in [3.8, 4) is 5.75 Å². The summed E-state index contributed by atoms with van der Waals surface area (Å²) in [6.45, 7) is 2.55. The summed E-state index contributed by atoms with van der Waals surface area (Å²) in [6.07, 6.45) is 0. The van der Waals surface area contributed by atoms with Gasteiger partial charge in [-0.1, -0.05) is 15.9 Å². The fourth-order valence-corrected chi connectivity index (χ4v) is 2.57. The molecule has 2 N–H and O–H groups in total. The van der Waals surface area contributed by atoms with E-state index in [1.54, 1.807) is 11.3 Å². The lowest BCUT2D eigenvalue weighted by atomic mass is 10.1. The molecule has 2 aromatic rings. The molecule has 0 fully saturated rings. The maximum atomic E-state index is 5.93. The molecule has 17 heavy (non-hydrogen) atoms. The number of halogens is 1. The van der Waals surface area contributed by atoms with Crippen LogP contribution in [-0.4, -0.2) is 0 Å². The SMILES string of the molecule is C[C@H](N)c1cc(Br)ccc1OCc1ccsc1. The Hall–Kier alpha value is -0.840. The van der Waals surface area contributed by atoms with Crippen LogP contribution in [0.1, 0.15) is 24.1 Å². The summed E-state index contributed by atoms with van der Waals surface area (Å²) >= 11 is 5.12.